The summed E-state index contributed by atoms with van der Waals surface area (Å²) in [6.07, 6.45) is 4.26. The van der Waals surface area contributed by atoms with Crippen molar-refractivity contribution in [2.24, 2.45) is 5.92 Å². The maximum atomic E-state index is 11.9. The molecule has 2 aromatic rings. The summed E-state index contributed by atoms with van der Waals surface area (Å²) in [5.74, 6) is 2.93. The van der Waals surface area contributed by atoms with E-state index in [2.05, 4.69) is 25.5 Å². The van der Waals surface area contributed by atoms with Gasteiger partial charge >= 0.3 is 0 Å². The molecule has 144 valence electrons. The van der Waals surface area contributed by atoms with Crippen molar-refractivity contribution >= 4 is 28.9 Å². The van der Waals surface area contributed by atoms with E-state index in [0.29, 0.717) is 12.3 Å². The molecule has 2 heterocycles. The Labute approximate surface area is 161 Å². The Morgan fingerprint density at radius 3 is 2.41 bits per heavy atom. The molecule has 0 bridgehead atoms. The fraction of sp³-hybridized carbons (Fsp3) is 0.476. The SMILES string of the molecule is Cc1nc(Nc2ccc(NC(=O)CC(C)C)cc2)cc(N2CCCCC2)n1. The Kier molecular flexibility index (Phi) is 6.27. The van der Waals surface area contributed by atoms with Gasteiger partial charge < -0.3 is 15.5 Å². The highest BCUT2D eigenvalue weighted by atomic mass is 16.1. The van der Waals surface area contributed by atoms with Crippen LogP contribution >= 0.6 is 0 Å². The van der Waals surface area contributed by atoms with Crippen molar-refractivity contribution in [2.45, 2.75) is 46.5 Å². The molecule has 1 amide bonds. The summed E-state index contributed by atoms with van der Waals surface area (Å²) in [6, 6.07) is 9.71. The summed E-state index contributed by atoms with van der Waals surface area (Å²) in [7, 11) is 0. The number of hydrogen-bond donors (Lipinski definition) is 2. The number of rotatable bonds is 6. The average Bonchev–Trinajstić information content (AvgIpc) is 2.63. The standard InChI is InChI=1S/C21H29N5O/c1-15(2)13-21(27)25-18-9-7-17(8-10-18)24-19-14-20(23-16(3)22-19)26-11-5-4-6-12-26/h7-10,14-15H,4-6,11-13H2,1-3H3,(H,25,27)(H,22,23,24). The van der Waals surface area contributed by atoms with Gasteiger partial charge in [-0.15, -0.1) is 0 Å². The normalized spacial score (nSPS) is 14.3. The molecule has 2 N–H and O–H groups in total. The minimum atomic E-state index is 0.0447. The summed E-state index contributed by atoms with van der Waals surface area (Å²) in [5.41, 5.74) is 1.73. The fourth-order valence-corrected chi connectivity index (χ4v) is 3.27. The second-order valence-corrected chi connectivity index (χ2v) is 7.55. The minimum absolute atomic E-state index is 0.0447. The maximum absolute atomic E-state index is 11.9. The number of anilines is 4. The number of amides is 1. The van der Waals surface area contributed by atoms with Gasteiger partial charge in [0.15, 0.2) is 0 Å². The number of hydrogen-bond acceptors (Lipinski definition) is 5. The molecule has 27 heavy (non-hydrogen) atoms. The van der Waals surface area contributed by atoms with E-state index in [1.54, 1.807) is 0 Å². The van der Waals surface area contributed by atoms with Crippen LogP contribution in [-0.4, -0.2) is 29.0 Å². The minimum Gasteiger partial charge on any atom is -0.356 e. The van der Waals surface area contributed by atoms with Crippen molar-refractivity contribution in [3.05, 3.63) is 36.2 Å². The largest absolute Gasteiger partial charge is 0.356 e. The number of aromatic nitrogens is 2. The van der Waals surface area contributed by atoms with Crippen molar-refractivity contribution in [1.29, 1.82) is 0 Å². The van der Waals surface area contributed by atoms with Crippen molar-refractivity contribution in [3.8, 4) is 0 Å². The Morgan fingerprint density at radius 1 is 1.07 bits per heavy atom. The number of piperidine rings is 1. The van der Waals surface area contributed by atoms with E-state index in [1.807, 2.05) is 51.1 Å². The first kappa shape index (κ1) is 19.1. The molecule has 0 radical (unpaired) electrons. The summed E-state index contributed by atoms with van der Waals surface area (Å²) in [4.78, 5) is 23.3. The van der Waals surface area contributed by atoms with Gasteiger partial charge in [0.25, 0.3) is 0 Å². The fourth-order valence-electron chi connectivity index (χ4n) is 3.27. The molecule has 6 nitrogen and oxygen atoms in total. The third-order valence-corrected chi connectivity index (χ3v) is 4.54. The molecular formula is C21H29N5O. The number of nitrogens with one attached hydrogen (secondary N) is 2. The number of benzene rings is 1. The molecule has 1 aliphatic rings. The molecular weight excluding hydrogens is 338 g/mol. The second kappa shape index (κ2) is 8.84. The van der Waals surface area contributed by atoms with Gasteiger partial charge in [0.05, 0.1) is 0 Å². The van der Waals surface area contributed by atoms with E-state index in [9.17, 15) is 4.79 Å². The Bertz CT molecular complexity index is 767. The van der Waals surface area contributed by atoms with Gasteiger partial charge in [0, 0.05) is 37.0 Å². The van der Waals surface area contributed by atoms with E-state index >= 15 is 0 Å². The molecule has 1 aliphatic heterocycles. The lowest BCUT2D eigenvalue weighted by molar-refractivity contribution is -0.116. The first-order chi connectivity index (χ1) is 13.0. The van der Waals surface area contributed by atoms with E-state index in [-0.39, 0.29) is 5.91 Å². The predicted octanol–water partition coefficient (Wildman–Crippen LogP) is 4.50. The van der Waals surface area contributed by atoms with Crippen LogP contribution in [-0.2, 0) is 4.79 Å². The monoisotopic (exact) mass is 367 g/mol. The van der Waals surface area contributed by atoms with Gasteiger partial charge in [-0.25, -0.2) is 9.97 Å². The van der Waals surface area contributed by atoms with E-state index in [4.69, 9.17) is 0 Å². The lowest BCUT2D eigenvalue weighted by Gasteiger charge is -2.28. The number of nitrogens with zero attached hydrogens (tertiary/aromatic N) is 3. The first-order valence-corrected chi connectivity index (χ1v) is 9.77. The Balaban J connectivity index is 1.66. The Hall–Kier alpha value is -2.63. The van der Waals surface area contributed by atoms with Gasteiger partial charge in [0.2, 0.25) is 5.91 Å². The highest BCUT2D eigenvalue weighted by Crippen LogP contribution is 2.23. The molecule has 3 rings (SSSR count). The highest BCUT2D eigenvalue weighted by molar-refractivity contribution is 5.91. The van der Waals surface area contributed by atoms with Crippen molar-refractivity contribution in [2.75, 3.05) is 28.6 Å². The summed E-state index contributed by atoms with van der Waals surface area (Å²) < 4.78 is 0. The van der Waals surface area contributed by atoms with E-state index < -0.39 is 0 Å². The quantitative estimate of drug-likeness (QED) is 0.786. The molecule has 6 heteroatoms. The molecule has 0 atom stereocenters. The molecule has 0 unspecified atom stereocenters. The van der Waals surface area contributed by atoms with Crippen LogP contribution in [0.5, 0.6) is 0 Å². The van der Waals surface area contributed by atoms with Gasteiger partial charge in [-0.1, -0.05) is 13.8 Å². The highest BCUT2D eigenvalue weighted by Gasteiger charge is 2.14. The average molecular weight is 367 g/mol. The number of carbonyl (C=O) groups is 1. The van der Waals surface area contributed by atoms with Gasteiger partial charge in [-0.2, -0.15) is 0 Å². The molecule has 1 aromatic carbocycles. The zero-order valence-electron chi connectivity index (χ0n) is 16.5. The van der Waals surface area contributed by atoms with Gasteiger partial charge in [0.1, 0.15) is 17.5 Å². The predicted molar refractivity (Wildman–Crippen MR) is 111 cm³/mol. The van der Waals surface area contributed by atoms with Crippen LogP contribution in [0.15, 0.2) is 30.3 Å². The van der Waals surface area contributed by atoms with Crippen LogP contribution in [0.1, 0.15) is 45.4 Å². The van der Waals surface area contributed by atoms with Gasteiger partial charge in [-0.05, 0) is 56.4 Å². The van der Waals surface area contributed by atoms with Crippen LogP contribution in [0.4, 0.5) is 23.0 Å². The van der Waals surface area contributed by atoms with Crippen LogP contribution in [0.25, 0.3) is 0 Å². The van der Waals surface area contributed by atoms with Crippen molar-refractivity contribution in [1.82, 2.24) is 9.97 Å². The van der Waals surface area contributed by atoms with Crippen LogP contribution in [0.2, 0.25) is 0 Å². The molecule has 1 fully saturated rings. The van der Waals surface area contributed by atoms with Crippen LogP contribution in [0, 0.1) is 12.8 Å². The lowest BCUT2D eigenvalue weighted by atomic mass is 10.1. The van der Waals surface area contributed by atoms with E-state index in [1.165, 1.54) is 19.3 Å². The molecule has 0 aliphatic carbocycles. The van der Waals surface area contributed by atoms with Crippen LogP contribution in [0.3, 0.4) is 0 Å². The smallest absolute Gasteiger partial charge is 0.224 e. The number of carbonyl (C=O) groups excluding carboxylic acids is 1. The molecule has 0 spiro atoms. The first-order valence-electron chi connectivity index (χ1n) is 9.77. The van der Waals surface area contributed by atoms with Crippen molar-refractivity contribution in [3.63, 3.8) is 0 Å². The topological polar surface area (TPSA) is 70.2 Å². The number of aryl methyl sites for hydroxylation is 1. The molecule has 1 saturated heterocycles. The lowest BCUT2D eigenvalue weighted by Crippen LogP contribution is -2.30. The molecule has 1 aromatic heterocycles. The van der Waals surface area contributed by atoms with Gasteiger partial charge in [-0.3, -0.25) is 4.79 Å². The maximum Gasteiger partial charge on any atom is 0.224 e. The second-order valence-electron chi connectivity index (χ2n) is 7.55. The van der Waals surface area contributed by atoms with E-state index in [0.717, 1.165) is 41.9 Å². The van der Waals surface area contributed by atoms with Crippen molar-refractivity contribution < 1.29 is 4.79 Å². The third kappa shape index (κ3) is 5.67. The third-order valence-electron chi connectivity index (χ3n) is 4.54. The summed E-state index contributed by atoms with van der Waals surface area (Å²) >= 11 is 0. The summed E-state index contributed by atoms with van der Waals surface area (Å²) in [6.45, 7) is 8.11. The molecule has 0 saturated carbocycles. The Morgan fingerprint density at radius 2 is 1.74 bits per heavy atom. The zero-order valence-corrected chi connectivity index (χ0v) is 16.5. The summed E-state index contributed by atoms with van der Waals surface area (Å²) in [5, 5.41) is 6.27. The van der Waals surface area contributed by atoms with Crippen LogP contribution < -0.4 is 15.5 Å². The zero-order chi connectivity index (χ0) is 19.2.